The van der Waals surface area contributed by atoms with Crippen LogP contribution in [-0.4, -0.2) is 28.6 Å². The molecule has 0 saturated carbocycles. The SMILES string of the molecule is NNC(Cc1cccc(Cl)c1Cl)C1CSCCS1. The molecule has 2 nitrogen and oxygen atoms in total. The largest absolute Gasteiger partial charge is 0.271 e. The summed E-state index contributed by atoms with van der Waals surface area (Å²) in [7, 11) is 0. The molecule has 2 atom stereocenters. The van der Waals surface area contributed by atoms with Crippen molar-refractivity contribution in [1.29, 1.82) is 0 Å². The average molecular weight is 323 g/mol. The number of benzene rings is 1. The molecule has 2 rings (SSSR count). The molecule has 3 N–H and O–H groups in total. The molecule has 0 amide bonds. The zero-order valence-corrected chi connectivity index (χ0v) is 13.0. The van der Waals surface area contributed by atoms with E-state index in [1.807, 2.05) is 41.7 Å². The summed E-state index contributed by atoms with van der Waals surface area (Å²) in [5.74, 6) is 9.25. The number of hydrogen-bond acceptors (Lipinski definition) is 4. The first-order chi connectivity index (χ1) is 8.72. The number of thioether (sulfide) groups is 2. The highest BCUT2D eigenvalue weighted by atomic mass is 35.5. The maximum absolute atomic E-state index is 6.22. The monoisotopic (exact) mass is 322 g/mol. The van der Waals surface area contributed by atoms with E-state index in [1.54, 1.807) is 0 Å². The fourth-order valence-electron chi connectivity index (χ4n) is 1.98. The Kier molecular flexibility index (Phi) is 5.98. The van der Waals surface area contributed by atoms with Crippen LogP contribution in [0.2, 0.25) is 10.0 Å². The molecule has 100 valence electrons. The van der Waals surface area contributed by atoms with Gasteiger partial charge in [-0.25, -0.2) is 0 Å². The van der Waals surface area contributed by atoms with Crippen molar-refractivity contribution in [3.8, 4) is 0 Å². The van der Waals surface area contributed by atoms with Gasteiger partial charge in [-0.2, -0.15) is 23.5 Å². The van der Waals surface area contributed by atoms with Crippen LogP contribution >= 0.6 is 46.7 Å². The fourth-order valence-corrected chi connectivity index (χ4v) is 5.25. The lowest BCUT2D eigenvalue weighted by Crippen LogP contribution is -2.46. The van der Waals surface area contributed by atoms with Gasteiger partial charge in [-0.15, -0.1) is 0 Å². The van der Waals surface area contributed by atoms with Gasteiger partial charge in [0.05, 0.1) is 10.0 Å². The molecule has 1 aromatic carbocycles. The highest BCUT2D eigenvalue weighted by molar-refractivity contribution is 8.06. The molecule has 2 unspecified atom stereocenters. The Labute approximate surface area is 126 Å². The minimum absolute atomic E-state index is 0.235. The number of hydrazine groups is 1. The molecule has 1 aliphatic heterocycles. The Morgan fingerprint density at radius 3 is 2.89 bits per heavy atom. The van der Waals surface area contributed by atoms with E-state index in [2.05, 4.69) is 5.43 Å². The predicted molar refractivity (Wildman–Crippen MR) is 84.8 cm³/mol. The fraction of sp³-hybridized carbons (Fsp3) is 0.500. The highest BCUT2D eigenvalue weighted by Crippen LogP contribution is 2.31. The van der Waals surface area contributed by atoms with Crippen LogP contribution in [0.25, 0.3) is 0 Å². The van der Waals surface area contributed by atoms with E-state index in [-0.39, 0.29) is 6.04 Å². The van der Waals surface area contributed by atoms with Crippen molar-refractivity contribution in [1.82, 2.24) is 5.43 Å². The van der Waals surface area contributed by atoms with Crippen molar-refractivity contribution in [3.05, 3.63) is 33.8 Å². The summed E-state index contributed by atoms with van der Waals surface area (Å²) in [6.07, 6.45) is 0.814. The Morgan fingerprint density at radius 1 is 1.39 bits per heavy atom. The first-order valence-electron chi connectivity index (χ1n) is 5.80. The van der Waals surface area contributed by atoms with E-state index in [0.29, 0.717) is 15.3 Å². The van der Waals surface area contributed by atoms with Gasteiger partial charge in [-0.1, -0.05) is 35.3 Å². The molecule has 0 radical (unpaired) electrons. The van der Waals surface area contributed by atoms with Gasteiger partial charge in [-0.05, 0) is 18.1 Å². The molecule has 0 aliphatic carbocycles. The molecule has 1 fully saturated rings. The van der Waals surface area contributed by atoms with Crippen molar-refractivity contribution in [2.75, 3.05) is 17.3 Å². The van der Waals surface area contributed by atoms with Crippen LogP contribution in [0.5, 0.6) is 0 Å². The third-order valence-corrected chi connectivity index (χ3v) is 6.75. The maximum Gasteiger partial charge on any atom is 0.0624 e. The highest BCUT2D eigenvalue weighted by Gasteiger charge is 2.24. The van der Waals surface area contributed by atoms with Gasteiger partial charge in [-0.3, -0.25) is 11.3 Å². The van der Waals surface area contributed by atoms with Crippen molar-refractivity contribution < 1.29 is 0 Å². The summed E-state index contributed by atoms with van der Waals surface area (Å²) in [5.41, 5.74) is 3.99. The molecule has 0 bridgehead atoms. The van der Waals surface area contributed by atoms with E-state index in [9.17, 15) is 0 Å². The van der Waals surface area contributed by atoms with Crippen LogP contribution in [0.4, 0.5) is 0 Å². The van der Waals surface area contributed by atoms with Gasteiger partial charge in [0.15, 0.2) is 0 Å². The second kappa shape index (κ2) is 7.27. The first kappa shape index (κ1) is 14.8. The van der Waals surface area contributed by atoms with Crippen LogP contribution in [-0.2, 0) is 6.42 Å². The number of hydrogen-bond donors (Lipinski definition) is 2. The van der Waals surface area contributed by atoms with Gasteiger partial charge in [0.25, 0.3) is 0 Å². The van der Waals surface area contributed by atoms with Crippen molar-refractivity contribution in [2.24, 2.45) is 5.84 Å². The Bertz CT molecular complexity index is 398. The second-order valence-corrected chi connectivity index (χ2v) is 7.46. The Hall–Kier alpha value is 0.420. The smallest absolute Gasteiger partial charge is 0.0624 e. The summed E-state index contributed by atoms with van der Waals surface area (Å²) in [6, 6.07) is 5.99. The number of rotatable bonds is 4. The molecular formula is C12H16Cl2N2S2. The lowest BCUT2D eigenvalue weighted by Gasteiger charge is -2.29. The average Bonchev–Trinajstić information content (AvgIpc) is 2.41. The van der Waals surface area contributed by atoms with E-state index in [4.69, 9.17) is 29.0 Å². The van der Waals surface area contributed by atoms with Gasteiger partial charge in [0.1, 0.15) is 0 Å². The van der Waals surface area contributed by atoms with Gasteiger partial charge < -0.3 is 0 Å². The lowest BCUT2D eigenvalue weighted by molar-refractivity contribution is 0.523. The lowest BCUT2D eigenvalue weighted by atomic mass is 10.0. The zero-order valence-electron chi connectivity index (χ0n) is 9.86. The molecule has 0 aromatic heterocycles. The zero-order chi connectivity index (χ0) is 13.0. The van der Waals surface area contributed by atoms with Crippen LogP contribution in [0.3, 0.4) is 0 Å². The molecule has 1 heterocycles. The quantitative estimate of drug-likeness (QED) is 0.659. The minimum atomic E-state index is 0.235. The van der Waals surface area contributed by atoms with Crippen LogP contribution in [0.1, 0.15) is 5.56 Å². The summed E-state index contributed by atoms with van der Waals surface area (Å²) in [4.78, 5) is 0. The molecule has 1 saturated heterocycles. The van der Waals surface area contributed by atoms with E-state index < -0.39 is 0 Å². The normalized spacial score (nSPS) is 21.8. The van der Waals surface area contributed by atoms with E-state index >= 15 is 0 Å². The summed E-state index contributed by atoms with van der Waals surface area (Å²) in [6.45, 7) is 0. The third kappa shape index (κ3) is 3.71. The van der Waals surface area contributed by atoms with E-state index in [0.717, 1.165) is 17.7 Å². The van der Waals surface area contributed by atoms with Gasteiger partial charge >= 0.3 is 0 Å². The first-order valence-corrected chi connectivity index (χ1v) is 8.76. The van der Waals surface area contributed by atoms with E-state index in [1.165, 1.54) is 11.5 Å². The van der Waals surface area contributed by atoms with Crippen molar-refractivity contribution >= 4 is 46.7 Å². The minimum Gasteiger partial charge on any atom is -0.271 e. The molecule has 18 heavy (non-hydrogen) atoms. The summed E-state index contributed by atoms with van der Waals surface area (Å²) >= 11 is 16.2. The third-order valence-electron chi connectivity index (χ3n) is 2.98. The summed E-state index contributed by atoms with van der Waals surface area (Å²) < 4.78 is 0. The van der Waals surface area contributed by atoms with Gasteiger partial charge in [0, 0.05) is 28.6 Å². The molecular weight excluding hydrogens is 307 g/mol. The van der Waals surface area contributed by atoms with Crippen molar-refractivity contribution in [2.45, 2.75) is 17.7 Å². The molecule has 1 aromatic rings. The van der Waals surface area contributed by atoms with Crippen LogP contribution in [0.15, 0.2) is 18.2 Å². The Balaban J connectivity index is 2.07. The number of nitrogens with one attached hydrogen (secondary N) is 1. The second-order valence-electron chi connectivity index (χ2n) is 4.17. The topological polar surface area (TPSA) is 38.0 Å². The number of nitrogens with two attached hydrogens (primary N) is 1. The maximum atomic E-state index is 6.22. The molecule has 1 aliphatic rings. The van der Waals surface area contributed by atoms with Crippen molar-refractivity contribution in [3.63, 3.8) is 0 Å². The molecule has 0 spiro atoms. The molecule has 6 heteroatoms. The van der Waals surface area contributed by atoms with Gasteiger partial charge in [0.2, 0.25) is 0 Å². The predicted octanol–water partition coefficient (Wildman–Crippen LogP) is 3.22. The van der Waals surface area contributed by atoms with Crippen LogP contribution in [0, 0.1) is 0 Å². The Morgan fingerprint density at radius 2 is 2.22 bits per heavy atom. The summed E-state index contributed by atoms with van der Waals surface area (Å²) in [5, 5.41) is 1.78. The van der Waals surface area contributed by atoms with Crippen LogP contribution < -0.4 is 11.3 Å². The number of halogens is 2. The standard InChI is InChI=1S/C12H16Cl2N2S2/c13-9-3-1-2-8(12(9)14)6-10(16-15)11-7-17-4-5-18-11/h1-3,10-11,16H,4-7,15H2.